The number of likely N-dealkylation sites (tertiary alicyclic amines) is 1. The summed E-state index contributed by atoms with van der Waals surface area (Å²) in [5, 5.41) is 9.09. The lowest BCUT2D eigenvalue weighted by Crippen LogP contribution is -2.39. The molecule has 1 saturated heterocycles. The van der Waals surface area contributed by atoms with Gasteiger partial charge in [0.1, 0.15) is 11.5 Å². The van der Waals surface area contributed by atoms with Gasteiger partial charge in [0, 0.05) is 23.9 Å². The van der Waals surface area contributed by atoms with Crippen molar-refractivity contribution in [2.75, 3.05) is 13.1 Å². The molecule has 0 aliphatic carbocycles. The molecular formula is C14H12F2N2O3. The maximum Gasteiger partial charge on any atom is 0.343 e. The van der Waals surface area contributed by atoms with Crippen LogP contribution in [-0.4, -0.2) is 45.6 Å². The van der Waals surface area contributed by atoms with Gasteiger partial charge >= 0.3 is 5.97 Å². The lowest BCUT2D eigenvalue weighted by atomic mass is 10.1. The fraction of sp³-hybridized carbons (Fsp3) is 0.286. The average Bonchev–Trinajstić information content (AvgIpc) is 3.03. The maximum atomic E-state index is 14.0. The fourth-order valence-corrected chi connectivity index (χ4v) is 2.52. The van der Waals surface area contributed by atoms with Crippen molar-refractivity contribution in [1.29, 1.82) is 0 Å². The molecule has 0 saturated carbocycles. The molecule has 1 aromatic carbocycles. The van der Waals surface area contributed by atoms with E-state index >= 15 is 0 Å². The van der Waals surface area contributed by atoms with E-state index in [-0.39, 0.29) is 24.0 Å². The molecule has 1 unspecified atom stereocenters. The molecule has 1 amide bonds. The summed E-state index contributed by atoms with van der Waals surface area (Å²) in [5.74, 6) is -2.57. The van der Waals surface area contributed by atoms with Crippen LogP contribution in [0.15, 0.2) is 24.3 Å². The van der Waals surface area contributed by atoms with Crippen LogP contribution in [-0.2, 0) is 4.79 Å². The van der Waals surface area contributed by atoms with Crippen LogP contribution in [0.2, 0.25) is 0 Å². The van der Waals surface area contributed by atoms with E-state index in [1.165, 1.54) is 18.2 Å². The first-order valence-corrected chi connectivity index (χ1v) is 6.39. The monoisotopic (exact) mass is 294 g/mol. The number of fused-ring (bicyclic) bond motifs is 1. The van der Waals surface area contributed by atoms with Gasteiger partial charge in [0.05, 0.1) is 6.54 Å². The molecule has 1 aliphatic heterocycles. The highest BCUT2D eigenvalue weighted by molar-refractivity contribution is 5.98. The quantitative estimate of drug-likeness (QED) is 0.889. The minimum Gasteiger partial charge on any atom is -0.479 e. The number of alkyl halides is 1. The van der Waals surface area contributed by atoms with Gasteiger partial charge in [0.25, 0.3) is 5.91 Å². The van der Waals surface area contributed by atoms with Crippen LogP contribution in [0.1, 0.15) is 16.9 Å². The molecular weight excluding hydrogens is 282 g/mol. The zero-order chi connectivity index (χ0) is 15.2. The van der Waals surface area contributed by atoms with Gasteiger partial charge < -0.3 is 15.0 Å². The van der Waals surface area contributed by atoms with E-state index in [2.05, 4.69) is 4.98 Å². The number of nitrogens with zero attached hydrogens (tertiary/aromatic N) is 1. The Balaban J connectivity index is 1.88. The van der Waals surface area contributed by atoms with Gasteiger partial charge in [0.2, 0.25) is 5.67 Å². The van der Waals surface area contributed by atoms with Gasteiger partial charge in [-0.15, -0.1) is 0 Å². The second-order valence-electron chi connectivity index (χ2n) is 5.13. The van der Waals surface area contributed by atoms with Crippen molar-refractivity contribution >= 4 is 22.8 Å². The summed E-state index contributed by atoms with van der Waals surface area (Å²) in [4.78, 5) is 27.0. The van der Waals surface area contributed by atoms with Gasteiger partial charge in [-0.05, 0) is 18.2 Å². The number of hydrogen-bond donors (Lipinski definition) is 2. The Bertz CT molecular complexity index is 743. The summed E-state index contributed by atoms with van der Waals surface area (Å²) >= 11 is 0. The number of rotatable bonds is 2. The van der Waals surface area contributed by atoms with Crippen molar-refractivity contribution < 1.29 is 23.5 Å². The number of aliphatic carboxylic acids is 1. The summed E-state index contributed by atoms with van der Waals surface area (Å²) in [6.07, 6.45) is -0.247. The highest BCUT2D eigenvalue weighted by atomic mass is 19.1. The minimum absolute atomic E-state index is 0.0134. The second-order valence-corrected chi connectivity index (χ2v) is 5.13. The molecule has 1 aliphatic rings. The van der Waals surface area contributed by atoms with Crippen LogP contribution in [0.3, 0.4) is 0 Å². The maximum absolute atomic E-state index is 14.0. The van der Waals surface area contributed by atoms with Crippen LogP contribution in [0, 0.1) is 5.82 Å². The number of carboxylic acids is 1. The number of carbonyl (C=O) groups excluding carboxylic acids is 1. The summed E-state index contributed by atoms with van der Waals surface area (Å²) in [7, 11) is 0. The topological polar surface area (TPSA) is 73.4 Å². The van der Waals surface area contributed by atoms with Gasteiger partial charge in [-0.1, -0.05) is 6.07 Å². The van der Waals surface area contributed by atoms with Crippen molar-refractivity contribution in [1.82, 2.24) is 9.88 Å². The lowest BCUT2D eigenvalue weighted by Gasteiger charge is -2.16. The predicted octanol–water partition coefficient (Wildman–Crippen LogP) is 1.95. The standard InChI is InChI=1S/C14H12F2N2O3/c15-9-2-1-3-10-8(9)6-11(17-10)12(19)18-5-4-14(16,7-18)13(20)21/h1-3,6,17H,4-5,7H2,(H,20,21). The molecule has 110 valence electrons. The highest BCUT2D eigenvalue weighted by Gasteiger charge is 2.47. The number of nitrogens with one attached hydrogen (secondary N) is 1. The number of hydrogen-bond acceptors (Lipinski definition) is 2. The first-order chi connectivity index (χ1) is 9.90. The molecule has 2 aromatic rings. The number of aromatic nitrogens is 1. The Labute approximate surface area is 118 Å². The molecule has 0 radical (unpaired) electrons. The molecule has 7 heteroatoms. The molecule has 0 bridgehead atoms. The summed E-state index contributed by atoms with van der Waals surface area (Å²) in [6.45, 7) is -0.488. The molecule has 21 heavy (non-hydrogen) atoms. The molecule has 1 atom stereocenters. The van der Waals surface area contributed by atoms with Crippen molar-refractivity contribution in [3.63, 3.8) is 0 Å². The van der Waals surface area contributed by atoms with Crippen molar-refractivity contribution in [2.45, 2.75) is 12.1 Å². The van der Waals surface area contributed by atoms with Crippen LogP contribution in [0.25, 0.3) is 10.9 Å². The molecule has 0 spiro atoms. The summed E-state index contributed by atoms with van der Waals surface area (Å²) in [5.41, 5.74) is -1.83. The van der Waals surface area contributed by atoms with Crippen molar-refractivity contribution in [3.8, 4) is 0 Å². The first kappa shape index (κ1) is 13.5. The Kier molecular flexibility index (Phi) is 2.93. The first-order valence-electron chi connectivity index (χ1n) is 6.39. The van der Waals surface area contributed by atoms with E-state index in [9.17, 15) is 18.4 Å². The summed E-state index contributed by atoms with van der Waals surface area (Å²) in [6, 6.07) is 5.76. The van der Waals surface area contributed by atoms with Gasteiger partial charge in [-0.2, -0.15) is 0 Å². The molecule has 1 fully saturated rings. The van der Waals surface area contributed by atoms with Gasteiger partial charge in [-0.3, -0.25) is 4.79 Å². The number of H-pyrrole nitrogens is 1. The lowest BCUT2D eigenvalue weighted by molar-refractivity contribution is -0.149. The molecule has 1 aromatic heterocycles. The van der Waals surface area contributed by atoms with E-state index in [0.29, 0.717) is 5.52 Å². The van der Waals surface area contributed by atoms with E-state index in [0.717, 1.165) is 4.90 Å². The third kappa shape index (κ3) is 2.14. The number of carboxylic acid groups (broad SMARTS) is 1. The van der Waals surface area contributed by atoms with E-state index in [1.807, 2.05) is 0 Å². The average molecular weight is 294 g/mol. The molecule has 2 heterocycles. The Morgan fingerprint density at radius 1 is 1.38 bits per heavy atom. The Hall–Kier alpha value is -2.44. The fourth-order valence-electron chi connectivity index (χ4n) is 2.52. The van der Waals surface area contributed by atoms with E-state index < -0.39 is 29.9 Å². The van der Waals surface area contributed by atoms with Crippen LogP contribution in [0.4, 0.5) is 8.78 Å². The predicted molar refractivity (Wildman–Crippen MR) is 70.3 cm³/mol. The third-order valence-corrected chi connectivity index (χ3v) is 3.73. The molecule has 3 rings (SSSR count). The third-order valence-electron chi connectivity index (χ3n) is 3.73. The Morgan fingerprint density at radius 2 is 2.14 bits per heavy atom. The van der Waals surface area contributed by atoms with Crippen LogP contribution >= 0.6 is 0 Å². The zero-order valence-corrected chi connectivity index (χ0v) is 10.9. The zero-order valence-electron chi connectivity index (χ0n) is 10.9. The number of halogens is 2. The Morgan fingerprint density at radius 3 is 2.76 bits per heavy atom. The SMILES string of the molecule is O=C(c1cc2c(F)cccc2[nH]1)N1CCC(F)(C(=O)O)C1. The molecule has 5 nitrogen and oxygen atoms in total. The van der Waals surface area contributed by atoms with E-state index in [1.54, 1.807) is 6.07 Å². The largest absolute Gasteiger partial charge is 0.479 e. The number of aromatic amines is 1. The van der Waals surface area contributed by atoms with E-state index in [4.69, 9.17) is 5.11 Å². The van der Waals surface area contributed by atoms with Gasteiger partial charge in [-0.25, -0.2) is 13.6 Å². The van der Waals surface area contributed by atoms with Crippen LogP contribution < -0.4 is 0 Å². The van der Waals surface area contributed by atoms with Gasteiger partial charge in [0.15, 0.2) is 0 Å². The highest BCUT2D eigenvalue weighted by Crippen LogP contribution is 2.28. The summed E-state index contributed by atoms with van der Waals surface area (Å²) < 4.78 is 27.6. The number of amides is 1. The van der Waals surface area contributed by atoms with Crippen molar-refractivity contribution in [3.05, 3.63) is 35.8 Å². The smallest absolute Gasteiger partial charge is 0.343 e. The number of benzene rings is 1. The normalized spacial score (nSPS) is 21.9. The molecule has 2 N–H and O–H groups in total. The van der Waals surface area contributed by atoms with Crippen LogP contribution in [0.5, 0.6) is 0 Å². The van der Waals surface area contributed by atoms with Crippen molar-refractivity contribution in [2.24, 2.45) is 0 Å². The second kappa shape index (κ2) is 4.54. The minimum atomic E-state index is -2.41. The number of carbonyl (C=O) groups is 2.